The van der Waals surface area contributed by atoms with E-state index in [2.05, 4.69) is 26.2 Å². The Labute approximate surface area is 77.2 Å². The van der Waals surface area contributed by atoms with Crippen LogP contribution in [0.15, 0.2) is 22.9 Å². The first-order valence-corrected chi connectivity index (χ1v) is 3.63. The van der Waals surface area contributed by atoms with E-state index in [-0.39, 0.29) is 28.4 Å². The monoisotopic (exact) mass is 217 g/mol. The summed E-state index contributed by atoms with van der Waals surface area (Å²) in [7, 11) is 1.42. The Morgan fingerprint density at radius 1 is 1.91 bits per heavy atom. The van der Waals surface area contributed by atoms with Crippen LogP contribution in [0.25, 0.3) is 0 Å². The molecule has 0 aliphatic heterocycles. The molecule has 0 atom stereocenters. The standard InChI is InChI=1S/C7H7BrN2O/c1-9-7(11)5-2-3-10-4-6(5)8/h2-4H,1H3,(H,9,11)/i2D,3D,4D. The van der Waals surface area contributed by atoms with Crippen molar-refractivity contribution in [2.45, 2.75) is 0 Å². The van der Waals surface area contributed by atoms with Gasteiger partial charge in [0.25, 0.3) is 5.91 Å². The lowest BCUT2D eigenvalue weighted by atomic mass is 10.2. The first kappa shape index (κ1) is 4.87. The number of hydrogen-bond acceptors (Lipinski definition) is 2. The second-order valence-corrected chi connectivity index (χ2v) is 2.52. The smallest absolute Gasteiger partial charge is 0.252 e. The molecule has 0 aliphatic carbocycles. The summed E-state index contributed by atoms with van der Waals surface area (Å²) in [4.78, 5) is 14.8. The molecular formula is C7H7BrN2O. The third-order valence-electron chi connectivity index (χ3n) is 1.06. The largest absolute Gasteiger partial charge is 0.355 e. The van der Waals surface area contributed by atoms with Gasteiger partial charge in [0, 0.05) is 23.9 Å². The van der Waals surface area contributed by atoms with Crippen molar-refractivity contribution in [2.75, 3.05) is 7.05 Å². The fourth-order valence-electron chi connectivity index (χ4n) is 0.553. The summed E-state index contributed by atoms with van der Waals surface area (Å²) in [6.07, 6.45) is -0.596. The van der Waals surface area contributed by atoms with Crippen molar-refractivity contribution in [3.63, 3.8) is 0 Å². The summed E-state index contributed by atoms with van der Waals surface area (Å²) in [5, 5.41) is 2.33. The third-order valence-corrected chi connectivity index (χ3v) is 1.64. The van der Waals surface area contributed by atoms with E-state index in [4.69, 9.17) is 4.11 Å². The van der Waals surface area contributed by atoms with Crippen LogP contribution in [0.2, 0.25) is 0 Å². The predicted molar refractivity (Wildman–Crippen MR) is 45.3 cm³/mol. The van der Waals surface area contributed by atoms with E-state index in [0.717, 1.165) is 0 Å². The zero-order valence-corrected chi connectivity index (χ0v) is 7.32. The number of halogens is 1. The first-order chi connectivity index (χ1) is 6.49. The number of amides is 1. The predicted octanol–water partition coefficient (Wildman–Crippen LogP) is 1.20. The first-order valence-electron chi connectivity index (χ1n) is 4.34. The van der Waals surface area contributed by atoms with Gasteiger partial charge < -0.3 is 5.32 Å². The van der Waals surface area contributed by atoms with Gasteiger partial charge in [-0.15, -0.1) is 0 Å². The van der Waals surface area contributed by atoms with Crippen LogP contribution in [0.3, 0.4) is 0 Å². The van der Waals surface area contributed by atoms with Gasteiger partial charge in [0.1, 0.15) is 0 Å². The van der Waals surface area contributed by atoms with Gasteiger partial charge in [-0.25, -0.2) is 0 Å². The van der Waals surface area contributed by atoms with Gasteiger partial charge in [0.2, 0.25) is 0 Å². The van der Waals surface area contributed by atoms with Crippen LogP contribution in [-0.2, 0) is 0 Å². The molecule has 0 aromatic carbocycles. The number of hydrogen-bond donors (Lipinski definition) is 1. The molecule has 1 heterocycles. The Bertz CT molecular complexity index is 371. The van der Waals surface area contributed by atoms with Crippen LogP contribution in [0.5, 0.6) is 0 Å². The van der Waals surface area contributed by atoms with E-state index in [1.54, 1.807) is 0 Å². The van der Waals surface area contributed by atoms with E-state index < -0.39 is 5.91 Å². The molecule has 11 heavy (non-hydrogen) atoms. The summed E-state index contributed by atoms with van der Waals surface area (Å²) < 4.78 is 22.2. The summed E-state index contributed by atoms with van der Waals surface area (Å²) >= 11 is 2.99. The third kappa shape index (κ3) is 1.77. The Kier molecular flexibility index (Phi) is 1.54. The molecule has 1 aromatic heterocycles. The number of nitrogens with one attached hydrogen (secondary N) is 1. The average Bonchev–Trinajstić information content (AvgIpc) is 2.15. The second-order valence-electron chi connectivity index (χ2n) is 1.73. The highest BCUT2D eigenvalue weighted by Gasteiger charge is 2.05. The molecule has 1 amide bonds. The summed E-state index contributed by atoms with van der Waals surface area (Å²) in [5.74, 6) is -0.508. The van der Waals surface area contributed by atoms with Gasteiger partial charge in [-0.3, -0.25) is 9.78 Å². The van der Waals surface area contributed by atoms with E-state index in [0.29, 0.717) is 0 Å². The fourth-order valence-corrected chi connectivity index (χ4v) is 0.921. The summed E-state index contributed by atoms with van der Waals surface area (Å²) in [6.45, 7) is 0. The van der Waals surface area contributed by atoms with Gasteiger partial charge >= 0.3 is 0 Å². The van der Waals surface area contributed by atoms with Crippen LogP contribution in [0.4, 0.5) is 0 Å². The Hall–Kier alpha value is -0.900. The van der Waals surface area contributed by atoms with Gasteiger partial charge in [-0.1, -0.05) is 0 Å². The molecule has 4 heteroatoms. The topological polar surface area (TPSA) is 42.0 Å². The highest BCUT2D eigenvalue weighted by molar-refractivity contribution is 9.10. The van der Waals surface area contributed by atoms with Crippen molar-refractivity contribution in [3.8, 4) is 0 Å². The molecule has 1 N–H and O–H groups in total. The molecule has 1 rings (SSSR count). The van der Waals surface area contributed by atoms with E-state index in [1.165, 1.54) is 7.05 Å². The Morgan fingerprint density at radius 2 is 2.64 bits per heavy atom. The fraction of sp³-hybridized carbons (Fsp3) is 0.143. The van der Waals surface area contributed by atoms with Crippen molar-refractivity contribution in [1.29, 1.82) is 0 Å². The van der Waals surface area contributed by atoms with E-state index >= 15 is 0 Å². The van der Waals surface area contributed by atoms with Crippen LogP contribution in [0, 0.1) is 0 Å². The number of carbonyl (C=O) groups excluding carboxylic acids is 1. The van der Waals surface area contributed by atoms with Gasteiger partial charge in [-0.2, -0.15) is 0 Å². The van der Waals surface area contributed by atoms with Crippen LogP contribution < -0.4 is 5.32 Å². The molecular weight excluding hydrogens is 208 g/mol. The van der Waals surface area contributed by atoms with Crippen LogP contribution in [0.1, 0.15) is 14.5 Å². The molecule has 0 saturated carbocycles. The van der Waals surface area contributed by atoms with E-state index in [1.807, 2.05) is 0 Å². The molecule has 0 spiro atoms. The molecule has 0 bridgehead atoms. The van der Waals surface area contributed by atoms with E-state index in [9.17, 15) is 4.79 Å². The Morgan fingerprint density at radius 3 is 3.27 bits per heavy atom. The highest BCUT2D eigenvalue weighted by Crippen LogP contribution is 2.13. The lowest BCUT2D eigenvalue weighted by Gasteiger charge is -1.99. The number of rotatable bonds is 1. The van der Waals surface area contributed by atoms with Crippen molar-refractivity contribution < 1.29 is 8.91 Å². The normalized spacial score (nSPS) is 13.1. The van der Waals surface area contributed by atoms with Crippen molar-refractivity contribution >= 4 is 21.8 Å². The number of nitrogens with zero attached hydrogens (tertiary/aromatic N) is 1. The number of pyridine rings is 1. The number of carbonyl (C=O) groups is 1. The maximum atomic E-state index is 11.3. The lowest BCUT2D eigenvalue weighted by Crippen LogP contribution is -2.18. The SMILES string of the molecule is [2H]c1nc([2H])c(Br)c(C(=O)NC)c1[2H]. The average molecular weight is 218 g/mol. The molecule has 0 unspecified atom stereocenters. The quantitative estimate of drug-likeness (QED) is 0.769. The Balaban J connectivity index is 3.47. The van der Waals surface area contributed by atoms with Crippen molar-refractivity contribution in [3.05, 3.63) is 28.4 Å². The van der Waals surface area contributed by atoms with Crippen molar-refractivity contribution in [2.24, 2.45) is 0 Å². The van der Waals surface area contributed by atoms with Gasteiger partial charge in [-0.05, 0) is 22.0 Å². The summed E-state index contributed by atoms with van der Waals surface area (Å²) in [6, 6.07) is -0.285. The zero-order valence-electron chi connectivity index (χ0n) is 8.73. The van der Waals surface area contributed by atoms with Crippen molar-refractivity contribution in [1.82, 2.24) is 10.3 Å². The second kappa shape index (κ2) is 3.48. The molecule has 0 aliphatic rings. The van der Waals surface area contributed by atoms with Gasteiger partial charge in [0.05, 0.1) is 9.68 Å². The zero-order chi connectivity index (χ0) is 10.9. The molecule has 1 aromatic rings. The molecule has 0 radical (unpaired) electrons. The summed E-state index contributed by atoms with van der Waals surface area (Å²) in [5.41, 5.74) is -0.0301. The van der Waals surface area contributed by atoms with Crippen LogP contribution >= 0.6 is 15.9 Å². The molecule has 58 valence electrons. The lowest BCUT2D eigenvalue weighted by molar-refractivity contribution is 0.0962. The maximum Gasteiger partial charge on any atom is 0.252 e. The minimum Gasteiger partial charge on any atom is -0.355 e. The number of aromatic nitrogens is 1. The minimum absolute atomic E-state index is 0.0301. The highest BCUT2D eigenvalue weighted by atomic mass is 79.9. The molecule has 3 nitrogen and oxygen atoms in total. The maximum absolute atomic E-state index is 11.3. The molecule has 0 fully saturated rings. The van der Waals surface area contributed by atoms with Crippen LogP contribution in [-0.4, -0.2) is 17.9 Å². The van der Waals surface area contributed by atoms with Gasteiger partial charge in [0.15, 0.2) is 0 Å². The molecule has 0 saturated heterocycles. The minimum atomic E-state index is -0.508.